The Balaban J connectivity index is 1.70. The first-order valence-electron chi connectivity index (χ1n) is 9.83. The molecule has 0 radical (unpaired) electrons. The third-order valence-corrected chi connectivity index (χ3v) is 5.73. The van der Waals surface area contributed by atoms with Gasteiger partial charge < -0.3 is 10.1 Å². The molecule has 1 atom stereocenters. The van der Waals surface area contributed by atoms with Crippen LogP contribution in [0.4, 0.5) is 23.2 Å². The zero-order chi connectivity index (χ0) is 23.8. The third-order valence-electron chi connectivity index (χ3n) is 4.93. The first-order valence-corrected chi connectivity index (χ1v) is 10.8. The van der Waals surface area contributed by atoms with Gasteiger partial charge in [0.25, 0.3) is 5.91 Å². The maximum atomic E-state index is 14.1. The van der Waals surface area contributed by atoms with E-state index in [-0.39, 0.29) is 22.0 Å². The minimum atomic E-state index is -4.63. The summed E-state index contributed by atoms with van der Waals surface area (Å²) < 4.78 is 57.5. The smallest absolute Gasteiger partial charge is 0.422 e. The Kier molecular flexibility index (Phi) is 6.54. The number of para-hydroxylation sites is 1. The van der Waals surface area contributed by atoms with Crippen LogP contribution in [-0.4, -0.2) is 28.7 Å². The van der Waals surface area contributed by atoms with Crippen LogP contribution in [0.5, 0.6) is 5.75 Å². The van der Waals surface area contributed by atoms with Gasteiger partial charge in [-0.15, -0.1) is 9.24 Å². The van der Waals surface area contributed by atoms with Crippen molar-refractivity contribution in [1.82, 2.24) is 9.97 Å². The Bertz CT molecular complexity index is 1180. The van der Waals surface area contributed by atoms with Crippen molar-refractivity contribution in [2.45, 2.75) is 24.9 Å². The molecular weight excluding hydrogens is 481 g/mol. The summed E-state index contributed by atoms with van der Waals surface area (Å²) in [6, 6.07) is 6.43. The molecule has 2 aromatic carbocycles. The number of carbonyl (C=O) groups excluding carboxylic acids is 1. The largest absolute Gasteiger partial charge is 0.483 e. The standard InChI is InChI=1S/C22H17ClF4N3O2P/c23-14-2-1-3-15(24)20(14)30-21(31)13-7-19(33)12(6-18(13)32-10-22(25,26)27)17-9-28-16(8-29-17)11-4-5-11/h1-3,6-9,11H,4-5,10,33H2,(H,30,31). The average molecular weight is 498 g/mol. The lowest BCUT2D eigenvalue weighted by Crippen LogP contribution is -2.22. The molecule has 11 heteroatoms. The minimum Gasteiger partial charge on any atom is -0.483 e. The Morgan fingerprint density at radius 2 is 1.97 bits per heavy atom. The van der Waals surface area contributed by atoms with Gasteiger partial charge in [0.1, 0.15) is 11.6 Å². The Hall–Kier alpha value is -2.77. The topological polar surface area (TPSA) is 64.1 Å². The number of amides is 1. The van der Waals surface area contributed by atoms with Crippen molar-refractivity contribution in [2.24, 2.45) is 0 Å². The molecule has 0 spiro atoms. The predicted octanol–water partition coefficient (Wildman–Crippen LogP) is 5.51. The highest BCUT2D eigenvalue weighted by Gasteiger charge is 2.30. The van der Waals surface area contributed by atoms with Gasteiger partial charge in [-0.3, -0.25) is 14.8 Å². The highest BCUT2D eigenvalue weighted by atomic mass is 35.5. The molecule has 1 fully saturated rings. The number of nitrogens with one attached hydrogen (secondary N) is 1. The van der Waals surface area contributed by atoms with Gasteiger partial charge in [0, 0.05) is 17.7 Å². The van der Waals surface area contributed by atoms with E-state index in [0.29, 0.717) is 22.5 Å². The van der Waals surface area contributed by atoms with E-state index >= 15 is 0 Å². The number of carbonyl (C=O) groups is 1. The van der Waals surface area contributed by atoms with Crippen molar-refractivity contribution in [1.29, 1.82) is 0 Å². The second-order valence-corrected chi connectivity index (χ2v) is 8.52. The lowest BCUT2D eigenvalue weighted by molar-refractivity contribution is -0.153. The molecular formula is C22H17ClF4N3O2P. The lowest BCUT2D eigenvalue weighted by Gasteiger charge is -2.17. The summed E-state index contributed by atoms with van der Waals surface area (Å²) in [5.41, 5.74) is 1.17. The molecule has 0 saturated heterocycles. The molecule has 1 aliphatic carbocycles. The van der Waals surface area contributed by atoms with E-state index in [2.05, 4.69) is 24.5 Å². The van der Waals surface area contributed by atoms with E-state index < -0.39 is 24.5 Å². The van der Waals surface area contributed by atoms with Crippen molar-refractivity contribution in [2.75, 3.05) is 11.9 Å². The van der Waals surface area contributed by atoms with Gasteiger partial charge in [0.15, 0.2) is 6.61 Å². The summed E-state index contributed by atoms with van der Waals surface area (Å²) in [6.07, 6.45) is 0.632. The number of ether oxygens (including phenoxy) is 1. The number of hydrogen-bond donors (Lipinski definition) is 1. The third kappa shape index (κ3) is 5.60. The molecule has 1 heterocycles. The average Bonchev–Trinajstić information content (AvgIpc) is 3.60. The van der Waals surface area contributed by atoms with Crippen molar-refractivity contribution in [3.8, 4) is 17.0 Å². The second kappa shape index (κ2) is 9.23. The Morgan fingerprint density at radius 1 is 1.21 bits per heavy atom. The molecule has 1 N–H and O–H groups in total. The minimum absolute atomic E-state index is 0.0603. The molecule has 0 aliphatic heterocycles. The van der Waals surface area contributed by atoms with Gasteiger partial charge in [-0.2, -0.15) is 13.2 Å². The van der Waals surface area contributed by atoms with Crippen LogP contribution < -0.4 is 15.4 Å². The Labute approximate surface area is 193 Å². The summed E-state index contributed by atoms with van der Waals surface area (Å²) in [5.74, 6) is -1.62. The van der Waals surface area contributed by atoms with Crippen LogP contribution in [0, 0.1) is 5.82 Å². The predicted molar refractivity (Wildman–Crippen MR) is 120 cm³/mol. The number of hydrogen-bond acceptors (Lipinski definition) is 4. The highest BCUT2D eigenvalue weighted by Crippen LogP contribution is 2.39. The first kappa shape index (κ1) is 23.4. The number of alkyl halides is 3. The molecule has 1 amide bonds. The van der Waals surface area contributed by atoms with Crippen LogP contribution in [0.1, 0.15) is 34.8 Å². The van der Waals surface area contributed by atoms with Crippen molar-refractivity contribution < 1.29 is 27.1 Å². The van der Waals surface area contributed by atoms with Crippen LogP contribution in [0.2, 0.25) is 5.02 Å². The molecule has 1 saturated carbocycles. The zero-order valence-corrected chi connectivity index (χ0v) is 18.8. The molecule has 1 aliphatic rings. The molecule has 33 heavy (non-hydrogen) atoms. The number of rotatable bonds is 6. The van der Waals surface area contributed by atoms with Crippen LogP contribution >= 0.6 is 20.8 Å². The summed E-state index contributed by atoms with van der Waals surface area (Å²) in [5, 5.41) is 2.71. The monoisotopic (exact) mass is 497 g/mol. The van der Waals surface area contributed by atoms with Gasteiger partial charge >= 0.3 is 6.18 Å². The maximum absolute atomic E-state index is 14.1. The van der Waals surface area contributed by atoms with Crippen molar-refractivity contribution in [3.05, 3.63) is 64.8 Å². The van der Waals surface area contributed by atoms with Crippen LogP contribution in [0.3, 0.4) is 0 Å². The van der Waals surface area contributed by atoms with Crippen molar-refractivity contribution >= 4 is 37.7 Å². The van der Waals surface area contributed by atoms with Gasteiger partial charge in [-0.25, -0.2) is 4.39 Å². The van der Waals surface area contributed by atoms with E-state index in [1.165, 1.54) is 30.5 Å². The number of aromatic nitrogens is 2. The lowest BCUT2D eigenvalue weighted by atomic mass is 10.1. The fourth-order valence-corrected chi connectivity index (χ4v) is 3.75. The summed E-state index contributed by atoms with van der Waals surface area (Å²) in [6.45, 7) is -1.62. The summed E-state index contributed by atoms with van der Waals surface area (Å²) in [7, 11) is 2.41. The molecule has 172 valence electrons. The number of benzene rings is 2. The van der Waals surface area contributed by atoms with E-state index in [1.54, 1.807) is 6.20 Å². The van der Waals surface area contributed by atoms with E-state index in [0.717, 1.165) is 24.6 Å². The SMILES string of the molecule is O=C(Nc1c(F)cccc1Cl)c1cc(P)c(-c2cnc(C3CC3)cn2)cc1OCC(F)(F)F. The second-order valence-electron chi connectivity index (χ2n) is 7.49. The molecule has 3 aromatic rings. The van der Waals surface area contributed by atoms with Crippen LogP contribution in [0.25, 0.3) is 11.3 Å². The number of halogens is 5. The molecule has 1 unspecified atom stereocenters. The number of nitrogens with zero attached hydrogens (tertiary/aromatic N) is 2. The molecule has 0 bridgehead atoms. The normalized spacial score (nSPS) is 13.6. The maximum Gasteiger partial charge on any atom is 0.422 e. The van der Waals surface area contributed by atoms with Gasteiger partial charge in [0.2, 0.25) is 0 Å². The fraction of sp³-hybridized carbons (Fsp3) is 0.227. The molecule has 1 aromatic heterocycles. The van der Waals surface area contributed by atoms with Gasteiger partial charge in [-0.05, 0) is 42.4 Å². The summed E-state index contributed by atoms with van der Waals surface area (Å²) >= 11 is 5.94. The number of anilines is 1. The first-order chi connectivity index (χ1) is 15.6. The highest BCUT2D eigenvalue weighted by molar-refractivity contribution is 7.28. The fourth-order valence-electron chi connectivity index (χ4n) is 3.14. The van der Waals surface area contributed by atoms with Crippen LogP contribution in [-0.2, 0) is 0 Å². The quantitative estimate of drug-likeness (QED) is 0.360. The zero-order valence-electron chi connectivity index (χ0n) is 16.9. The van der Waals surface area contributed by atoms with Crippen LogP contribution in [0.15, 0.2) is 42.7 Å². The molecule has 5 nitrogen and oxygen atoms in total. The molecule has 4 rings (SSSR count). The van der Waals surface area contributed by atoms with Gasteiger partial charge in [-0.1, -0.05) is 17.7 Å². The van der Waals surface area contributed by atoms with E-state index in [4.69, 9.17) is 16.3 Å². The Morgan fingerprint density at radius 3 is 2.58 bits per heavy atom. The van der Waals surface area contributed by atoms with E-state index in [1.807, 2.05) is 0 Å². The summed E-state index contributed by atoms with van der Waals surface area (Å²) in [4.78, 5) is 21.6. The van der Waals surface area contributed by atoms with E-state index in [9.17, 15) is 22.4 Å². The van der Waals surface area contributed by atoms with Gasteiger partial charge in [0.05, 0.1) is 33.9 Å². The van der Waals surface area contributed by atoms with Crippen molar-refractivity contribution in [3.63, 3.8) is 0 Å².